The number of aliphatic imine (C=N–C) groups is 1. The normalized spacial score (nSPS) is 12.6. The standard InChI is InChI=1S/C19H24N4OS2.HI/c1-3-14-10-21-18(25-14)12-23-19(20-4-2)22-11-15(24)17-9-13-7-5-6-8-16(13)26-17;/h5-10,15,24H,3-4,11-12H2,1-2H3,(H2,20,22,23);1H. The molecule has 8 heteroatoms. The number of nitrogens with one attached hydrogen (secondary N) is 2. The first-order chi connectivity index (χ1) is 12.7. The molecule has 0 aliphatic carbocycles. The first kappa shape index (κ1) is 22.1. The molecule has 0 saturated carbocycles. The van der Waals surface area contributed by atoms with Crippen LogP contribution in [0, 0.1) is 0 Å². The van der Waals surface area contributed by atoms with Crippen molar-refractivity contribution in [3.05, 3.63) is 51.3 Å². The minimum Gasteiger partial charge on any atom is -0.386 e. The molecule has 3 rings (SSSR count). The van der Waals surface area contributed by atoms with Gasteiger partial charge in [0, 0.05) is 33.7 Å². The number of halogens is 1. The third-order valence-electron chi connectivity index (χ3n) is 3.90. The van der Waals surface area contributed by atoms with Gasteiger partial charge in [0.15, 0.2) is 5.96 Å². The number of guanidine groups is 1. The summed E-state index contributed by atoms with van der Waals surface area (Å²) >= 11 is 3.32. The molecule has 3 N–H and O–H groups in total. The highest BCUT2D eigenvalue weighted by molar-refractivity contribution is 14.0. The number of nitrogens with zero attached hydrogens (tertiary/aromatic N) is 2. The number of aliphatic hydroxyl groups excluding tert-OH is 1. The highest BCUT2D eigenvalue weighted by atomic mass is 127. The van der Waals surface area contributed by atoms with Crippen molar-refractivity contribution in [3.8, 4) is 0 Å². The van der Waals surface area contributed by atoms with Gasteiger partial charge in [-0.15, -0.1) is 46.7 Å². The summed E-state index contributed by atoms with van der Waals surface area (Å²) in [7, 11) is 0. The fraction of sp³-hybridized carbons (Fsp3) is 0.368. The van der Waals surface area contributed by atoms with Gasteiger partial charge in [0.1, 0.15) is 11.1 Å². The number of aromatic nitrogens is 1. The summed E-state index contributed by atoms with van der Waals surface area (Å²) in [6.45, 7) is 5.87. The van der Waals surface area contributed by atoms with E-state index in [0.717, 1.165) is 22.9 Å². The van der Waals surface area contributed by atoms with Crippen LogP contribution in [0.1, 0.15) is 34.7 Å². The maximum Gasteiger partial charge on any atom is 0.191 e. The Kier molecular flexibility index (Phi) is 8.94. The van der Waals surface area contributed by atoms with Gasteiger partial charge in [0.2, 0.25) is 0 Å². The number of thiazole rings is 1. The zero-order valence-electron chi connectivity index (χ0n) is 15.4. The van der Waals surface area contributed by atoms with Crippen molar-refractivity contribution in [2.75, 3.05) is 13.1 Å². The molecule has 0 fully saturated rings. The van der Waals surface area contributed by atoms with Crippen LogP contribution in [0.5, 0.6) is 0 Å². The predicted molar refractivity (Wildman–Crippen MR) is 127 cm³/mol. The van der Waals surface area contributed by atoms with E-state index in [2.05, 4.69) is 45.7 Å². The zero-order valence-corrected chi connectivity index (χ0v) is 19.4. The van der Waals surface area contributed by atoms with Gasteiger partial charge < -0.3 is 15.7 Å². The predicted octanol–water partition coefficient (Wildman–Crippen LogP) is 4.33. The van der Waals surface area contributed by atoms with Gasteiger partial charge in [-0.25, -0.2) is 9.98 Å². The number of benzene rings is 1. The maximum absolute atomic E-state index is 10.5. The van der Waals surface area contributed by atoms with Gasteiger partial charge >= 0.3 is 0 Å². The third-order valence-corrected chi connectivity index (χ3v) is 6.25. The van der Waals surface area contributed by atoms with E-state index in [0.29, 0.717) is 19.0 Å². The molecule has 5 nitrogen and oxygen atoms in total. The Bertz CT molecular complexity index is 844. The third kappa shape index (κ3) is 6.13. The van der Waals surface area contributed by atoms with Gasteiger partial charge in [-0.2, -0.15) is 0 Å². The van der Waals surface area contributed by atoms with Crippen molar-refractivity contribution >= 4 is 62.7 Å². The van der Waals surface area contributed by atoms with E-state index in [9.17, 15) is 5.11 Å². The van der Waals surface area contributed by atoms with Crippen LogP contribution < -0.4 is 10.6 Å². The van der Waals surface area contributed by atoms with Crippen molar-refractivity contribution in [1.29, 1.82) is 0 Å². The number of hydrogen-bond acceptors (Lipinski definition) is 5. The van der Waals surface area contributed by atoms with E-state index in [4.69, 9.17) is 0 Å². The van der Waals surface area contributed by atoms with Crippen molar-refractivity contribution in [3.63, 3.8) is 0 Å². The van der Waals surface area contributed by atoms with Gasteiger partial charge in [0.05, 0.1) is 6.54 Å². The van der Waals surface area contributed by atoms with Crippen LogP contribution in [0.4, 0.5) is 0 Å². The molecule has 0 aliphatic rings. The number of thiophene rings is 1. The molecular formula is C19H25IN4OS2. The molecule has 0 radical (unpaired) electrons. The van der Waals surface area contributed by atoms with E-state index in [1.165, 1.54) is 15.0 Å². The van der Waals surface area contributed by atoms with E-state index in [1.807, 2.05) is 25.3 Å². The van der Waals surface area contributed by atoms with E-state index in [-0.39, 0.29) is 24.0 Å². The van der Waals surface area contributed by atoms with Crippen LogP contribution in [-0.4, -0.2) is 29.1 Å². The summed E-state index contributed by atoms with van der Waals surface area (Å²) in [4.78, 5) is 11.2. The Morgan fingerprint density at radius 3 is 2.74 bits per heavy atom. The molecule has 0 bridgehead atoms. The number of rotatable bonds is 7. The Hall–Kier alpha value is -1.23. The lowest BCUT2D eigenvalue weighted by atomic mass is 10.2. The minimum absolute atomic E-state index is 0. The van der Waals surface area contributed by atoms with Crippen LogP contribution in [0.15, 0.2) is 41.5 Å². The average Bonchev–Trinajstić information content (AvgIpc) is 3.30. The molecule has 3 aromatic rings. The van der Waals surface area contributed by atoms with Crippen molar-refractivity contribution in [2.24, 2.45) is 4.99 Å². The number of aliphatic hydroxyl groups is 1. The first-order valence-electron chi connectivity index (χ1n) is 8.82. The second kappa shape index (κ2) is 10.9. The van der Waals surface area contributed by atoms with Crippen LogP contribution in [0.25, 0.3) is 10.1 Å². The average molecular weight is 516 g/mol. The van der Waals surface area contributed by atoms with Crippen LogP contribution >= 0.6 is 46.7 Å². The zero-order chi connectivity index (χ0) is 18.4. The van der Waals surface area contributed by atoms with E-state index >= 15 is 0 Å². The van der Waals surface area contributed by atoms with Crippen LogP contribution in [0.2, 0.25) is 0 Å². The Morgan fingerprint density at radius 2 is 2.04 bits per heavy atom. The second-order valence-corrected chi connectivity index (χ2v) is 8.17. The lowest BCUT2D eigenvalue weighted by Gasteiger charge is -2.14. The summed E-state index contributed by atoms with van der Waals surface area (Å²) in [5, 5.41) is 19.1. The maximum atomic E-state index is 10.5. The van der Waals surface area contributed by atoms with Gasteiger partial charge in [-0.3, -0.25) is 0 Å². The molecule has 1 atom stereocenters. The topological polar surface area (TPSA) is 69.5 Å². The molecule has 146 valence electrons. The van der Waals surface area contributed by atoms with E-state index in [1.54, 1.807) is 22.7 Å². The highest BCUT2D eigenvalue weighted by Gasteiger charge is 2.12. The summed E-state index contributed by atoms with van der Waals surface area (Å²) in [6.07, 6.45) is 2.35. The largest absolute Gasteiger partial charge is 0.386 e. The Labute approximate surface area is 185 Å². The van der Waals surface area contributed by atoms with Crippen LogP contribution in [-0.2, 0) is 13.0 Å². The second-order valence-electron chi connectivity index (χ2n) is 5.85. The van der Waals surface area contributed by atoms with Gasteiger partial charge in [-0.1, -0.05) is 25.1 Å². The van der Waals surface area contributed by atoms with Gasteiger partial charge in [0.25, 0.3) is 0 Å². The molecule has 1 aromatic carbocycles. The first-order valence-corrected chi connectivity index (χ1v) is 10.4. The minimum atomic E-state index is -0.567. The Morgan fingerprint density at radius 1 is 1.22 bits per heavy atom. The summed E-state index contributed by atoms with van der Waals surface area (Å²) in [5.74, 6) is 0.695. The molecule has 0 aliphatic heterocycles. The van der Waals surface area contributed by atoms with Crippen LogP contribution in [0.3, 0.4) is 0 Å². The smallest absolute Gasteiger partial charge is 0.191 e. The fourth-order valence-electron chi connectivity index (χ4n) is 2.53. The van der Waals surface area contributed by atoms with Crippen molar-refractivity contribution in [2.45, 2.75) is 32.9 Å². The van der Waals surface area contributed by atoms with Gasteiger partial charge in [-0.05, 0) is 30.9 Å². The quantitative estimate of drug-likeness (QED) is 0.249. The molecule has 27 heavy (non-hydrogen) atoms. The summed E-state index contributed by atoms with van der Waals surface area (Å²) < 4.78 is 1.19. The van der Waals surface area contributed by atoms with E-state index < -0.39 is 6.10 Å². The number of aryl methyl sites for hydroxylation is 1. The lowest BCUT2D eigenvalue weighted by molar-refractivity contribution is 0.184. The van der Waals surface area contributed by atoms with Crippen molar-refractivity contribution in [1.82, 2.24) is 15.6 Å². The molecule has 0 spiro atoms. The molecule has 2 aromatic heterocycles. The number of hydrogen-bond donors (Lipinski definition) is 3. The molecule has 0 saturated heterocycles. The highest BCUT2D eigenvalue weighted by Crippen LogP contribution is 2.29. The van der Waals surface area contributed by atoms with Crippen molar-refractivity contribution < 1.29 is 5.11 Å². The fourth-order valence-corrected chi connectivity index (χ4v) is 4.37. The summed E-state index contributed by atoms with van der Waals surface area (Å²) in [6, 6.07) is 10.2. The number of fused-ring (bicyclic) bond motifs is 1. The Balaban J connectivity index is 0.00000261. The molecule has 2 heterocycles. The molecule has 1 unspecified atom stereocenters. The molecule has 0 amide bonds. The summed E-state index contributed by atoms with van der Waals surface area (Å²) in [5.41, 5.74) is 0. The monoisotopic (exact) mass is 516 g/mol. The SMILES string of the molecule is CCNC(=NCc1ncc(CC)s1)NCC(O)c1cc2ccccc2s1.I. The lowest BCUT2D eigenvalue weighted by Crippen LogP contribution is -2.39. The molecular weight excluding hydrogens is 491 g/mol.